The van der Waals surface area contributed by atoms with Gasteiger partial charge in [0.2, 0.25) is 0 Å². The van der Waals surface area contributed by atoms with E-state index in [-0.39, 0.29) is 24.8 Å². The lowest BCUT2D eigenvalue weighted by Crippen LogP contribution is -2.44. The zero-order valence-electron chi connectivity index (χ0n) is 11.3. The van der Waals surface area contributed by atoms with Gasteiger partial charge in [0, 0.05) is 12.8 Å². The molecular weight excluding hydrogens is 232 g/mol. The zero-order chi connectivity index (χ0) is 13.2. The average molecular weight is 254 g/mol. The molecule has 102 valence electrons. The molecule has 0 aromatic rings. The van der Waals surface area contributed by atoms with Crippen LogP contribution in [0.2, 0.25) is 0 Å². The van der Waals surface area contributed by atoms with Crippen molar-refractivity contribution in [3.63, 3.8) is 0 Å². The summed E-state index contributed by atoms with van der Waals surface area (Å²) in [5, 5.41) is 0. The Labute approximate surface area is 108 Å². The van der Waals surface area contributed by atoms with Gasteiger partial charge in [0.05, 0.1) is 12.8 Å². The maximum atomic E-state index is 11.5. The van der Waals surface area contributed by atoms with E-state index in [9.17, 15) is 9.59 Å². The molecule has 0 atom stereocenters. The third-order valence-electron chi connectivity index (χ3n) is 4.71. The van der Waals surface area contributed by atoms with Gasteiger partial charge in [0.1, 0.15) is 0 Å². The monoisotopic (exact) mass is 254 g/mol. The Morgan fingerprint density at radius 3 is 1.72 bits per heavy atom. The summed E-state index contributed by atoms with van der Waals surface area (Å²) < 4.78 is 10.8. The predicted molar refractivity (Wildman–Crippen MR) is 65.6 cm³/mol. The summed E-state index contributed by atoms with van der Waals surface area (Å²) in [6.07, 6.45) is 5.75. The molecule has 1 aliphatic carbocycles. The predicted octanol–water partition coefficient (Wildman–Crippen LogP) is 2.94. The first kappa shape index (κ1) is 13.4. The molecule has 0 aromatic heterocycles. The molecule has 1 spiro atoms. The van der Waals surface area contributed by atoms with Gasteiger partial charge in [-0.15, -0.1) is 0 Å². The quantitative estimate of drug-likeness (QED) is 0.711. The van der Waals surface area contributed by atoms with Gasteiger partial charge in [0.25, 0.3) is 5.79 Å². The van der Waals surface area contributed by atoms with Crippen LogP contribution in [0.5, 0.6) is 0 Å². The summed E-state index contributed by atoms with van der Waals surface area (Å²) in [6.45, 7) is 4.40. The van der Waals surface area contributed by atoms with Crippen LogP contribution in [0.15, 0.2) is 0 Å². The maximum Gasteiger partial charge on any atom is 0.309 e. The molecule has 2 aliphatic rings. The largest absolute Gasteiger partial charge is 0.422 e. The number of carbonyl (C=O) groups is 2. The minimum atomic E-state index is -0.960. The molecule has 4 heteroatoms. The molecule has 0 radical (unpaired) electrons. The van der Waals surface area contributed by atoms with E-state index < -0.39 is 5.79 Å². The summed E-state index contributed by atoms with van der Waals surface area (Å²) >= 11 is 0. The number of hydrogen-bond acceptors (Lipinski definition) is 4. The molecule has 1 saturated heterocycles. The van der Waals surface area contributed by atoms with Crippen molar-refractivity contribution in [2.24, 2.45) is 5.41 Å². The second-order valence-electron chi connectivity index (χ2n) is 5.57. The van der Waals surface area contributed by atoms with Crippen molar-refractivity contribution < 1.29 is 19.1 Å². The Kier molecular flexibility index (Phi) is 3.64. The highest BCUT2D eigenvalue weighted by molar-refractivity contribution is 5.79. The van der Waals surface area contributed by atoms with Crippen molar-refractivity contribution in [1.82, 2.24) is 0 Å². The van der Waals surface area contributed by atoms with Crippen LogP contribution in [0.4, 0.5) is 0 Å². The van der Waals surface area contributed by atoms with Gasteiger partial charge in [-0.05, 0) is 18.3 Å². The molecule has 0 bridgehead atoms. The van der Waals surface area contributed by atoms with Gasteiger partial charge in [-0.25, -0.2) is 0 Å². The standard InChI is InChI=1S/C14H22O4/c1-3-13(4-2)7-9-14(10-8-13)17-11(15)5-6-12(16)18-14/h3-10H2,1-2H3. The molecule has 2 fully saturated rings. The van der Waals surface area contributed by atoms with E-state index in [1.54, 1.807) is 0 Å². The Morgan fingerprint density at radius 1 is 0.889 bits per heavy atom. The molecule has 4 nitrogen and oxygen atoms in total. The second kappa shape index (κ2) is 4.90. The Morgan fingerprint density at radius 2 is 1.33 bits per heavy atom. The van der Waals surface area contributed by atoms with E-state index in [1.165, 1.54) is 0 Å². The van der Waals surface area contributed by atoms with Gasteiger partial charge in [-0.1, -0.05) is 26.7 Å². The normalized spacial score (nSPS) is 26.3. The maximum absolute atomic E-state index is 11.5. The van der Waals surface area contributed by atoms with E-state index in [1.807, 2.05) is 0 Å². The number of carbonyl (C=O) groups excluding carboxylic acids is 2. The topological polar surface area (TPSA) is 52.6 Å². The number of rotatable bonds is 2. The zero-order valence-corrected chi connectivity index (χ0v) is 11.3. The molecule has 1 heterocycles. The van der Waals surface area contributed by atoms with Crippen LogP contribution in [-0.2, 0) is 19.1 Å². The molecule has 2 rings (SSSR count). The third-order valence-corrected chi connectivity index (χ3v) is 4.71. The Hall–Kier alpha value is -1.06. The molecule has 0 N–H and O–H groups in total. The number of esters is 2. The van der Waals surface area contributed by atoms with Crippen LogP contribution >= 0.6 is 0 Å². The lowest BCUT2D eigenvalue weighted by atomic mass is 9.68. The van der Waals surface area contributed by atoms with Crippen LogP contribution in [0.1, 0.15) is 65.2 Å². The average Bonchev–Trinajstić information content (AvgIpc) is 2.51. The van der Waals surface area contributed by atoms with Crippen LogP contribution in [0.3, 0.4) is 0 Å². The highest BCUT2D eigenvalue weighted by Gasteiger charge is 2.47. The first-order valence-corrected chi connectivity index (χ1v) is 6.97. The van der Waals surface area contributed by atoms with E-state index >= 15 is 0 Å². The minimum Gasteiger partial charge on any atom is -0.422 e. The van der Waals surface area contributed by atoms with E-state index in [0.29, 0.717) is 18.3 Å². The van der Waals surface area contributed by atoms with Gasteiger partial charge in [-0.2, -0.15) is 0 Å². The molecular formula is C14H22O4. The van der Waals surface area contributed by atoms with Crippen molar-refractivity contribution >= 4 is 11.9 Å². The Balaban J connectivity index is 2.09. The minimum absolute atomic E-state index is 0.146. The van der Waals surface area contributed by atoms with Crippen molar-refractivity contribution in [2.45, 2.75) is 71.0 Å². The van der Waals surface area contributed by atoms with Crippen LogP contribution < -0.4 is 0 Å². The molecule has 1 aliphatic heterocycles. The summed E-state index contributed by atoms with van der Waals surface area (Å²) in [6, 6.07) is 0. The Bertz CT molecular complexity index is 314. The lowest BCUT2D eigenvalue weighted by Gasteiger charge is -2.43. The first-order valence-electron chi connectivity index (χ1n) is 6.97. The highest BCUT2D eigenvalue weighted by Crippen LogP contribution is 2.47. The van der Waals surface area contributed by atoms with E-state index in [2.05, 4.69) is 13.8 Å². The smallest absolute Gasteiger partial charge is 0.309 e. The number of ether oxygens (including phenoxy) is 2. The molecule has 0 amide bonds. The van der Waals surface area contributed by atoms with E-state index in [0.717, 1.165) is 25.7 Å². The molecule has 0 aromatic carbocycles. The van der Waals surface area contributed by atoms with Gasteiger partial charge in [0.15, 0.2) is 0 Å². The highest BCUT2D eigenvalue weighted by atomic mass is 16.7. The first-order chi connectivity index (χ1) is 8.53. The van der Waals surface area contributed by atoms with Gasteiger partial charge in [-0.3, -0.25) is 9.59 Å². The molecule has 1 saturated carbocycles. The summed E-state index contributed by atoms with van der Waals surface area (Å²) in [5.74, 6) is -1.57. The van der Waals surface area contributed by atoms with Crippen LogP contribution in [0.25, 0.3) is 0 Å². The van der Waals surface area contributed by atoms with Crippen molar-refractivity contribution in [1.29, 1.82) is 0 Å². The molecule has 18 heavy (non-hydrogen) atoms. The fourth-order valence-electron chi connectivity index (χ4n) is 3.06. The van der Waals surface area contributed by atoms with Crippen LogP contribution in [-0.4, -0.2) is 17.7 Å². The second-order valence-corrected chi connectivity index (χ2v) is 5.57. The summed E-state index contributed by atoms with van der Waals surface area (Å²) in [5.41, 5.74) is 0.330. The fraction of sp³-hybridized carbons (Fsp3) is 0.857. The third kappa shape index (κ3) is 2.52. The van der Waals surface area contributed by atoms with Gasteiger partial charge >= 0.3 is 11.9 Å². The summed E-state index contributed by atoms with van der Waals surface area (Å²) in [7, 11) is 0. The van der Waals surface area contributed by atoms with E-state index in [4.69, 9.17) is 9.47 Å². The van der Waals surface area contributed by atoms with Gasteiger partial charge < -0.3 is 9.47 Å². The lowest BCUT2D eigenvalue weighted by molar-refractivity contribution is -0.239. The van der Waals surface area contributed by atoms with Crippen molar-refractivity contribution in [2.75, 3.05) is 0 Å². The SMILES string of the molecule is CCC1(CC)CCC2(CC1)OC(=O)CCC(=O)O2. The van der Waals surface area contributed by atoms with Crippen LogP contribution in [0, 0.1) is 5.41 Å². The van der Waals surface area contributed by atoms with Crippen molar-refractivity contribution in [3.05, 3.63) is 0 Å². The fourth-order valence-corrected chi connectivity index (χ4v) is 3.06. The van der Waals surface area contributed by atoms with Crippen molar-refractivity contribution in [3.8, 4) is 0 Å². The number of hydrogen-bond donors (Lipinski definition) is 0. The molecule has 0 unspecified atom stereocenters. The summed E-state index contributed by atoms with van der Waals surface area (Å²) in [4.78, 5) is 23.1.